The van der Waals surface area contributed by atoms with Gasteiger partial charge in [-0.05, 0) is 30.3 Å². The molecule has 2 rings (SSSR count). The Morgan fingerprint density at radius 3 is 2.77 bits per heavy atom. The highest BCUT2D eigenvalue weighted by Gasteiger charge is 2.03. The highest BCUT2D eigenvalue weighted by molar-refractivity contribution is 9.10. The van der Waals surface area contributed by atoms with Crippen molar-refractivity contribution in [1.82, 2.24) is 5.32 Å². The Hall–Kier alpha value is -2.32. The molecule has 0 heterocycles. The Kier molecular flexibility index (Phi) is 5.99. The van der Waals surface area contributed by atoms with Gasteiger partial charge in [0, 0.05) is 10.0 Å². The van der Waals surface area contributed by atoms with Gasteiger partial charge in [-0.15, -0.1) is 0 Å². The first-order valence-corrected chi connectivity index (χ1v) is 7.33. The molecular weight excluding hydrogens is 349 g/mol. The topological polar surface area (TPSA) is 38.3 Å². The lowest BCUT2D eigenvalue weighted by atomic mass is 10.2. The first-order valence-electron chi connectivity index (χ1n) is 6.53. The van der Waals surface area contributed by atoms with Crippen LogP contribution in [-0.2, 0) is 0 Å². The van der Waals surface area contributed by atoms with E-state index < -0.39 is 5.82 Å². The number of halogens is 2. The van der Waals surface area contributed by atoms with Gasteiger partial charge >= 0.3 is 0 Å². The summed E-state index contributed by atoms with van der Waals surface area (Å²) in [7, 11) is 0. The molecule has 0 fully saturated rings. The van der Waals surface area contributed by atoms with Crippen LogP contribution < -0.4 is 10.1 Å². The Labute approximate surface area is 136 Å². The molecule has 0 saturated heterocycles. The zero-order chi connectivity index (χ0) is 15.8. The van der Waals surface area contributed by atoms with Crippen molar-refractivity contribution in [2.45, 2.75) is 0 Å². The zero-order valence-electron chi connectivity index (χ0n) is 11.6. The summed E-state index contributed by atoms with van der Waals surface area (Å²) in [6.07, 6.45) is 0. The summed E-state index contributed by atoms with van der Waals surface area (Å²) in [5.41, 5.74) is 0.554. The molecule has 0 aromatic heterocycles. The number of rotatable bonds is 4. The van der Waals surface area contributed by atoms with Crippen LogP contribution in [0.25, 0.3) is 0 Å². The van der Waals surface area contributed by atoms with Crippen LogP contribution in [0.1, 0.15) is 10.4 Å². The molecule has 2 aromatic carbocycles. The van der Waals surface area contributed by atoms with Crippen molar-refractivity contribution in [2.24, 2.45) is 0 Å². The average Bonchev–Trinajstić information content (AvgIpc) is 2.52. The minimum absolute atomic E-state index is 0.0632. The number of carbonyl (C=O) groups is 1. The van der Waals surface area contributed by atoms with Gasteiger partial charge < -0.3 is 10.1 Å². The Morgan fingerprint density at radius 1 is 1.18 bits per heavy atom. The highest BCUT2D eigenvalue weighted by Crippen LogP contribution is 2.14. The van der Waals surface area contributed by atoms with Gasteiger partial charge in [0.2, 0.25) is 0 Å². The van der Waals surface area contributed by atoms with Gasteiger partial charge in [-0.3, -0.25) is 4.79 Å². The van der Waals surface area contributed by atoms with E-state index in [1.54, 1.807) is 30.3 Å². The summed E-state index contributed by atoms with van der Waals surface area (Å²) in [5.74, 6) is 5.00. The van der Waals surface area contributed by atoms with Gasteiger partial charge in [-0.1, -0.05) is 46.0 Å². The summed E-state index contributed by atoms with van der Waals surface area (Å²) in [4.78, 5) is 11.8. The van der Waals surface area contributed by atoms with E-state index in [2.05, 4.69) is 33.1 Å². The average molecular weight is 362 g/mol. The molecule has 3 nitrogen and oxygen atoms in total. The van der Waals surface area contributed by atoms with E-state index in [1.807, 2.05) is 6.07 Å². The molecule has 0 atom stereocenters. The third kappa shape index (κ3) is 4.90. The third-order valence-electron chi connectivity index (χ3n) is 2.69. The van der Waals surface area contributed by atoms with Crippen LogP contribution in [0.15, 0.2) is 53.0 Å². The smallest absolute Gasteiger partial charge is 0.252 e. The fraction of sp³-hybridized carbons (Fsp3) is 0.118. The second-order valence-electron chi connectivity index (χ2n) is 4.27. The lowest BCUT2D eigenvalue weighted by Gasteiger charge is -2.02. The standard InChI is InChI=1S/C17H13BrFNO2/c18-14-7-5-6-13(12-14)17(21)20-10-3-4-11-22-16-9-2-1-8-15(16)19/h1-2,5-9,12H,10-11H2,(H,20,21). The molecule has 0 aliphatic rings. The van der Waals surface area contributed by atoms with Gasteiger partial charge in [0.25, 0.3) is 5.91 Å². The summed E-state index contributed by atoms with van der Waals surface area (Å²) in [6.45, 7) is 0.264. The second-order valence-corrected chi connectivity index (χ2v) is 5.18. The summed E-state index contributed by atoms with van der Waals surface area (Å²) in [5, 5.41) is 2.67. The van der Waals surface area contributed by atoms with Crippen LogP contribution in [0, 0.1) is 17.7 Å². The molecular formula is C17H13BrFNO2. The Balaban J connectivity index is 1.75. The molecule has 0 saturated carbocycles. The quantitative estimate of drug-likeness (QED) is 0.847. The van der Waals surface area contributed by atoms with Crippen molar-refractivity contribution in [3.05, 3.63) is 64.4 Å². The molecule has 0 spiro atoms. The van der Waals surface area contributed by atoms with Crippen molar-refractivity contribution < 1.29 is 13.9 Å². The van der Waals surface area contributed by atoms with Gasteiger partial charge in [0.1, 0.15) is 6.61 Å². The van der Waals surface area contributed by atoms with E-state index >= 15 is 0 Å². The molecule has 5 heteroatoms. The predicted molar refractivity (Wildman–Crippen MR) is 86.1 cm³/mol. The molecule has 1 amide bonds. The van der Waals surface area contributed by atoms with Gasteiger partial charge in [-0.2, -0.15) is 0 Å². The summed E-state index contributed by atoms with van der Waals surface area (Å²) >= 11 is 3.31. The predicted octanol–water partition coefficient (Wildman–Crippen LogP) is 3.40. The van der Waals surface area contributed by atoms with Gasteiger partial charge in [-0.25, -0.2) is 4.39 Å². The first kappa shape index (κ1) is 16.1. The summed E-state index contributed by atoms with van der Waals surface area (Å²) in [6, 6.07) is 13.2. The number of carbonyl (C=O) groups excluding carboxylic acids is 1. The van der Waals surface area contributed by atoms with Crippen LogP contribution in [0.2, 0.25) is 0 Å². The maximum atomic E-state index is 13.3. The van der Waals surface area contributed by atoms with Crippen LogP contribution in [0.3, 0.4) is 0 Å². The normalized spacial score (nSPS) is 9.55. The van der Waals surface area contributed by atoms with E-state index in [-0.39, 0.29) is 24.8 Å². The van der Waals surface area contributed by atoms with Crippen molar-refractivity contribution in [3.8, 4) is 17.6 Å². The molecule has 0 unspecified atom stereocenters. The number of ether oxygens (including phenoxy) is 1. The second kappa shape index (κ2) is 8.20. The van der Waals surface area contributed by atoms with E-state index in [1.165, 1.54) is 12.1 Å². The number of para-hydroxylation sites is 1. The van der Waals surface area contributed by atoms with E-state index in [9.17, 15) is 9.18 Å². The number of amides is 1. The molecule has 1 N–H and O–H groups in total. The number of benzene rings is 2. The van der Waals surface area contributed by atoms with E-state index in [0.717, 1.165) is 4.47 Å². The minimum Gasteiger partial charge on any atom is -0.478 e. The number of hydrogen-bond acceptors (Lipinski definition) is 2. The van der Waals surface area contributed by atoms with Crippen LogP contribution in [0.5, 0.6) is 5.75 Å². The maximum absolute atomic E-state index is 13.3. The molecule has 0 aliphatic carbocycles. The zero-order valence-corrected chi connectivity index (χ0v) is 13.2. The van der Waals surface area contributed by atoms with Crippen molar-refractivity contribution >= 4 is 21.8 Å². The maximum Gasteiger partial charge on any atom is 0.252 e. The first-order chi connectivity index (χ1) is 10.7. The van der Waals surface area contributed by atoms with Crippen molar-refractivity contribution in [3.63, 3.8) is 0 Å². The van der Waals surface area contributed by atoms with Crippen LogP contribution in [0.4, 0.5) is 4.39 Å². The number of nitrogens with one attached hydrogen (secondary N) is 1. The molecule has 0 aliphatic heterocycles. The Morgan fingerprint density at radius 2 is 2.00 bits per heavy atom. The van der Waals surface area contributed by atoms with Crippen molar-refractivity contribution in [2.75, 3.05) is 13.2 Å². The molecule has 112 valence electrons. The van der Waals surface area contributed by atoms with E-state index in [0.29, 0.717) is 5.56 Å². The van der Waals surface area contributed by atoms with Crippen LogP contribution >= 0.6 is 15.9 Å². The van der Waals surface area contributed by atoms with E-state index in [4.69, 9.17) is 4.74 Å². The minimum atomic E-state index is -0.424. The fourth-order valence-electron chi connectivity index (χ4n) is 1.65. The van der Waals surface area contributed by atoms with Gasteiger partial charge in [0.15, 0.2) is 11.6 Å². The molecule has 2 aromatic rings. The van der Waals surface area contributed by atoms with Crippen LogP contribution in [-0.4, -0.2) is 19.1 Å². The largest absolute Gasteiger partial charge is 0.478 e. The highest BCUT2D eigenvalue weighted by atomic mass is 79.9. The molecule has 0 radical (unpaired) electrons. The lowest BCUT2D eigenvalue weighted by Crippen LogP contribution is -2.23. The Bertz CT molecular complexity index is 722. The monoisotopic (exact) mass is 361 g/mol. The number of hydrogen-bond donors (Lipinski definition) is 1. The lowest BCUT2D eigenvalue weighted by molar-refractivity contribution is 0.0958. The SMILES string of the molecule is O=C(NCC#CCOc1ccccc1F)c1cccc(Br)c1. The van der Waals surface area contributed by atoms with Crippen molar-refractivity contribution in [1.29, 1.82) is 0 Å². The summed E-state index contributed by atoms with van der Waals surface area (Å²) < 4.78 is 19.3. The molecule has 0 bridgehead atoms. The molecule has 22 heavy (non-hydrogen) atoms. The third-order valence-corrected chi connectivity index (χ3v) is 3.18. The fourth-order valence-corrected chi connectivity index (χ4v) is 2.04. The van der Waals surface area contributed by atoms with Gasteiger partial charge in [0.05, 0.1) is 6.54 Å².